The number of ketones is 1. The molecule has 7 nitrogen and oxygen atoms in total. The second-order valence-corrected chi connectivity index (χ2v) is 9.98. The summed E-state index contributed by atoms with van der Waals surface area (Å²) >= 11 is 0. The van der Waals surface area contributed by atoms with Crippen LogP contribution in [0.1, 0.15) is 60.9 Å². The number of nitrogens with one attached hydrogen (secondary N) is 1. The van der Waals surface area contributed by atoms with Gasteiger partial charge in [0.1, 0.15) is 19.4 Å². The Morgan fingerprint density at radius 2 is 1.68 bits per heavy atom. The molecule has 1 amide bonds. The molecular formula is C29H38FN2O5+. The number of Topliss-reactive ketones (excluding diaryl/α,β-unsaturated/α-hetero) is 1. The van der Waals surface area contributed by atoms with Crippen molar-refractivity contribution in [1.29, 1.82) is 0 Å². The van der Waals surface area contributed by atoms with Crippen LogP contribution in [0.2, 0.25) is 0 Å². The third-order valence-corrected chi connectivity index (χ3v) is 6.96. The number of hydrogen-bond acceptors (Lipinski definition) is 5. The van der Waals surface area contributed by atoms with Crippen LogP contribution in [-0.2, 0) is 11.2 Å². The Labute approximate surface area is 218 Å². The molecule has 2 aliphatic heterocycles. The average molecular weight is 514 g/mol. The van der Waals surface area contributed by atoms with Crippen LogP contribution in [0, 0.1) is 0 Å². The van der Waals surface area contributed by atoms with Crippen LogP contribution >= 0.6 is 0 Å². The third kappa shape index (κ3) is 8.45. The van der Waals surface area contributed by atoms with Gasteiger partial charge in [-0.25, -0.2) is 4.39 Å². The topological polar surface area (TPSA) is 90.8 Å². The molecule has 0 radical (unpaired) electrons. The number of alkyl halides is 1. The van der Waals surface area contributed by atoms with Crippen molar-refractivity contribution < 1.29 is 28.6 Å². The normalized spacial score (nSPS) is 16.8. The minimum Gasteiger partial charge on any atom is -0.593 e. The summed E-state index contributed by atoms with van der Waals surface area (Å²) in [5, 5.41) is 10.7. The van der Waals surface area contributed by atoms with Crippen molar-refractivity contribution in [3.8, 4) is 17.2 Å². The summed E-state index contributed by atoms with van der Waals surface area (Å²) in [6.45, 7) is 3.15. The van der Waals surface area contributed by atoms with Gasteiger partial charge in [-0.1, -0.05) is 12.5 Å². The summed E-state index contributed by atoms with van der Waals surface area (Å²) in [4.78, 5) is 27.3. The molecule has 0 spiro atoms. The molecule has 37 heavy (non-hydrogen) atoms. The van der Waals surface area contributed by atoms with E-state index >= 15 is 0 Å². The van der Waals surface area contributed by atoms with Crippen LogP contribution in [0.4, 0.5) is 4.39 Å². The fraction of sp³-hybridized carbons (Fsp3) is 0.517. The Kier molecular flexibility index (Phi) is 9.77. The van der Waals surface area contributed by atoms with E-state index in [4.69, 9.17) is 14.6 Å². The number of benzene rings is 2. The highest BCUT2D eigenvalue weighted by Crippen LogP contribution is 2.31. The maximum atomic E-state index is 13.6. The Morgan fingerprint density at radius 3 is 2.43 bits per heavy atom. The largest absolute Gasteiger partial charge is 0.593 e. The number of amides is 1. The van der Waals surface area contributed by atoms with Crippen molar-refractivity contribution in [2.75, 3.05) is 32.8 Å². The van der Waals surface area contributed by atoms with Crippen LogP contribution < -0.4 is 14.8 Å². The Balaban J connectivity index is 1.25. The second-order valence-electron chi connectivity index (χ2n) is 9.98. The Bertz CT molecular complexity index is 1040. The van der Waals surface area contributed by atoms with E-state index in [0.717, 1.165) is 36.3 Å². The van der Waals surface area contributed by atoms with Gasteiger partial charge in [-0.3, -0.25) is 9.59 Å². The molecule has 0 unspecified atom stereocenters. The number of rotatable bonds is 12. The molecule has 3 N–H and O–H groups in total. The molecule has 1 fully saturated rings. The molecule has 0 bridgehead atoms. The number of likely N-dealkylation sites (tertiary alicyclic amines) is 1. The molecule has 2 heterocycles. The number of piperidine rings is 1. The minimum absolute atomic E-state index is 0.000261. The first-order valence-electron chi connectivity index (χ1n) is 13.4. The standard InChI is InChI=1S/C29H37FN2O5/c30-23-12-14-32(15-13-23)20-24(18-21-6-11-27-28(19-21)37-17-16-36-27)31-29(35)5-3-1-2-4-26(34)22-7-9-25(33)10-8-22/h6-11,19,23-24,33H,1-5,12-18,20H2,(H,31,35)/p+1/t24-/m0/s1. The maximum absolute atomic E-state index is 13.6. The van der Waals surface area contributed by atoms with Gasteiger partial charge in [-0.2, -0.15) is 0 Å². The van der Waals surface area contributed by atoms with Crippen molar-refractivity contribution in [3.05, 3.63) is 53.6 Å². The molecule has 1 atom stereocenters. The zero-order valence-electron chi connectivity index (χ0n) is 21.3. The SMILES string of the molecule is O=C(CCCCCC(=O)c1ccc([OH2+])cc1)N[C@@H](Cc1ccc2c(c1)OCCO2)CN1CCC(F)CC1. The number of ether oxygens (including phenoxy) is 2. The molecule has 1 saturated heterocycles. The van der Waals surface area contributed by atoms with Crippen molar-refractivity contribution >= 4 is 11.7 Å². The van der Waals surface area contributed by atoms with Gasteiger partial charge < -0.3 is 24.8 Å². The van der Waals surface area contributed by atoms with Gasteiger partial charge in [0, 0.05) is 56.2 Å². The van der Waals surface area contributed by atoms with E-state index in [2.05, 4.69) is 10.2 Å². The van der Waals surface area contributed by atoms with Crippen molar-refractivity contribution in [2.24, 2.45) is 0 Å². The fourth-order valence-electron chi connectivity index (χ4n) is 4.90. The molecule has 0 aromatic heterocycles. The molecule has 2 aromatic carbocycles. The molecule has 0 aliphatic carbocycles. The predicted molar refractivity (Wildman–Crippen MR) is 141 cm³/mol. The third-order valence-electron chi connectivity index (χ3n) is 6.96. The van der Waals surface area contributed by atoms with Gasteiger partial charge in [0.05, 0.1) is 0 Å². The Hall–Kier alpha value is -3.13. The van der Waals surface area contributed by atoms with E-state index in [1.807, 2.05) is 18.2 Å². The van der Waals surface area contributed by atoms with Gasteiger partial charge >= 0.3 is 0 Å². The molecular weight excluding hydrogens is 475 g/mol. The van der Waals surface area contributed by atoms with Gasteiger partial charge in [-0.15, -0.1) is 0 Å². The smallest absolute Gasteiger partial charge is 0.253 e. The number of carbonyl (C=O) groups is 2. The second kappa shape index (κ2) is 13.4. The zero-order valence-corrected chi connectivity index (χ0v) is 21.3. The first-order valence-corrected chi connectivity index (χ1v) is 13.4. The van der Waals surface area contributed by atoms with E-state index in [9.17, 15) is 14.0 Å². The van der Waals surface area contributed by atoms with Crippen LogP contribution in [0.25, 0.3) is 0 Å². The van der Waals surface area contributed by atoms with Crippen LogP contribution in [0.15, 0.2) is 42.5 Å². The predicted octanol–water partition coefficient (Wildman–Crippen LogP) is 4.19. The number of fused-ring (bicyclic) bond motifs is 1. The average Bonchev–Trinajstić information content (AvgIpc) is 2.90. The van der Waals surface area contributed by atoms with Gasteiger partial charge in [-0.05, 0) is 61.9 Å². The van der Waals surface area contributed by atoms with E-state index in [0.29, 0.717) is 76.3 Å². The van der Waals surface area contributed by atoms with Crippen LogP contribution in [0.3, 0.4) is 0 Å². The molecule has 8 heteroatoms. The molecule has 2 aliphatic rings. The van der Waals surface area contributed by atoms with E-state index in [1.165, 1.54) is 0 Å². The lowest BCUT2D eigenvalue weighted by molar-refractivity contribution is -0.122. The van der Waals surface area contributed by atoms with Gasteiger partial charge in [0.15, 0.2) is 17.3 Å². The van der Waals surface area contributed by atoms with Gasteiger partial charge in [0.25, 0.3) is 5.75 Å². The Morgan fingerprint density at radius 1 is 0.973 bits per heavy atom. The summed E-state index contributed by atoms with van der Waals surface area (Å²) in [6.07, 6.45) is 4.10. The molecule has 4 rings (SSSR count). The molecule has 2 aromatic rings. The summed E-state index contributed by atoms with van der Waals surface area (Å²) in [5.74, 6) is 1.94. The minimum atomic E-state index is -0.731. The van der Waals surface area contributed by atoms with Crippen LogP contribution in [-0.4, -0.2) is 66.8 Å². The van der Waals surface area contributed by atoms with E-state index < -0.39 is 6.17 Å². The fourth-order valence-corrected chi connectivity index (χ4v) is 4.90. The van der Waals surface area contributed by atoms with Crippen molar-refractivity contribution in [1.82, 2.24) is 10.2 Å². The van der Waals surface area contributed by atoms with Crippen LogP contribution in [0.5, 0.6) is 17.2 Å². The first kappa shape index (κ1) is 26.9. The number of nitrogens with zero attached hydrogens (tertiary/aromatic N) is 1. The number of unbranched alkanes of at least 4 members (excludes halogenated alkanes) is 2. The summed E-state index contributed by atoms with van der Waals surface area (Å²) in [7, 11) is 0. The summed E-state index contributed by atoms with van der Waals surface area (Å²) < 4.78 is 25.0. The number of hydrogen-bond donors (Lipinski definition) is 1. The highest BCUT2D eigenvalue weighted by molar-refractivity contribution is 5.96. The summed E-state index contributed by atoms with van der Waals surface area (Å²) in [5.41, 5.74) is 1.69. The van der Waals surface area contributed by atoms with Crippen molar-refractivity contribution in [3.63, 3.8) is 0 Å². The lowest BCUT2D eigenvalue weighted by atomic mass is 10.0. The highest BCUT2D eigenvalue weighted by Gasteiger charge is 2.23. The molecule has 200 valence electrons. The molecule has 0 saturated carbocycles. The lowest BCUT2D eigenvalue weighted by Gasteiger charge is -2.32. The number of halogens is 1. The van der Waals surface area contributed by atoms with E-state index in [1.54, 1.807) is 24.3 Å². The monoisotopic (exact) mass is 513 g/mol. The van der Waals surface area contributed by atoms with Gasteiger partial charge in [0.2, 0.25) is 5.91 Å². The zero-order chi connectivity index (χ0) is 26.0. The summed E-state index contributed by atoms with van der Waals surface area (Å²) in [6, 6.07) is 12.4. The quantitative estimate of drug-likeness (QED) is 0.261. The van der Waals surface area contributed by atoms with E-state index in [-0.39, 0.29) is 17.7 Å². The lowest BCUT2D eigenvalue weighted by Crippen LogP contribution is -2.47. The maximum Gasteiger partial charge on any atom is 0.253 e. The number of carbonyl (C=O) groups excluding carboxylic acids is 2. The van der Waals surface area contributed by atoms with Crippen molar-refractivity contribution in [2.45, 2.75) is 63.6 Å². The first-order chi connectivity index (χ1) is 18.0. The highest BCUT2D eigenvalue weighted by atomic mass is 19.1.